The van der Waals surface area contributed by atoms with Crippen molar-refractivity contribution in [1.29, 1.82) is 0 Å². The topological polar surface area (TPSA) is 26.0 Å². The number of anilines is 1. The molecule has 0 spiro atoms. The highest BCUT2D eigenvalue weighted by Gasteiger charge is 2.03. The molecular formula is C11H9Cl2NS2. The predicted molar refractivity (Wildman–Crippen MR) is 74.8 cm³/mol. The maximum Gasteiger partial charge on any atom is 0.0931 e. The summed E-state index contributed by atoms with van der Waals surface area (Å²) in [6.45, 7) is 0. The molecule has 84 valence electrons. The van der Waals surface area contributed by atoms with Crippen LogP contribution in [0.4, 0.5) is 5.69 Å². The minimum atomic E-state index is 0.709. The third-order valence-corrected chi connectivity index (χ3v) is 4.74. The highest BCUT2D eigenvalue weighted by molar-refractivity contribution is 7.98. The Labute approximate surface area is 113 Å². The molecule has 0 aliphatic carbocycles. The van der Waals surface area contributed by atoms with E-state index in [1.807, 2.05) is 24.3 Å². The van der Waals surface area contributed by atoms with Crippen molar-refractivity contribution < 1.29 is 0 Å². The predicted octanol–water partition coefficient (Wildman–Crippen LogP) is 4.93. The Kier molecular flexibility index (Phi) is 4.03. The minimum Gasteiger partial charge on any atom is -0.398 e. The number of nitrogen functional groups attached to an aromatic ring is 1. The number of hydrogen-bond acceptors (Lipinski definition) is 3. The lowest BCUT2D eigenvalue weighted by molar-refractivity contribution is 1.43. The quantitative estimate of drug-likeness (QED) is 0.640. The summed E-state index contributed by atoms with van der Waals surface area (Å²) in [7, 11) is 0. The van der Waals surface area contributed by atoms with E-state index >= 15 is 0 Å². The average molecular weight is 290 g/mol. The fourth-order valence-electron chi connectivity index (χ4n) is 1.21. The first-order valence-corrected chi connectivity index (χ1v) is 7.13. The Bertz CT molecular complexity index is 496. The van der Waals surface area contributed by atoms with Crippen LogP contribution in [0.5, 0.6) is 0 Å². The Morgan fingerprint density at radius 1 is 1.19 bits per heavy atom. The number of rotatable bonds is 3. The molecule has 0 unspecified atom stereocenters. The van der Waals surface area contributed by atoms with Crippen LogP contribution in [0.2, 0.25) is 9.36 Å². The highest BCUT2D eigenvalue weighted by Crippen LogP contribution is 2.33. The molecule has 2 rings (SSSR count). The van der Waals surface area contributed by atoms with Crippen molar-refractivity contribution in [2.24, 2.45) is 0 Å². The third kappa shape index (κ3) is 3.08. The number of halogens is 2. The smallest absolute Gasteiger partial charge is 0.0931 e. The zero-order valence-electron chi connectivity index (χ0n) is 8.24. The second-order valence-corrected chi connectivity index (χ2v) is 6.43. The van der Waals surface area contributed by atoms with Crippen LogP contribution in [-0.4, -0.2) is 0 Å². The summed E-state index contributed by atoms with van der Waals surface area (Å²) in [4.78, 5) is 2.24. The summed E-state index contributed by atoms with van der Waals surface area (Å²) >= 11 is 15.0. The molecule has 0 atom stereocenters. The lowest BCUT2D eigenvalue weighted by Gasteiger charge is -2.04. The van der Waals surface area contributed by atoms with Crippen molar-refractivity contribution in [2.75, 3.05) is 5.73 Å². The minimum absolute atomic E-state index is 0.709. The molecule has 0 fully saturated rings. The number of hydrogen-bond donors (Lipinski definition) is 1. The summed E-state index contributed by atoms with van der Waals surface area (Å²) in [5, 5.41) is 0.709. The summed E-state index contributed by atoms with van der Waals surface area (Å²) in [5.74, 6) is 0.863. The monoisotopic (exact) mass is 289 g/mol. The van der Waals surface area contributed by atoms with Crippen LogP contribution < -0.4 is 5.73 Å². The fourth-order valence-corrected chi connectivity index (χ4v) is 3.58. The van der Waals surface area contributed by atoms with Crippen molar-refractivity contribution in [2.45, 2.75) is 10.6 Å². The molecule has 2 aromatic rings. The molecule has 0 radical (unpaired) electrons. The van der Waals surface area contributed by atoms with E-state index in [-0.39, 0.29) is 0 Å². The molecule has 0 aliphatic rings. The third-order valence-electron chi connectivity index (χ3n) is 1.97. The van der Waals surface area contributed by atoms with Gasteiger partial charge in [-0.2, -0.15) is 0 Å². The maximum atomic E-state index is 5.92. The van der Waals surface area contributed by atoms with Crippen molar-refractivity contribution in [3.8, 4) is 0 Å². The van der Waals surface area contributed by atoms with Gasteiger partial charge in [-0.15, -0.1) is 23.1 Å². The van der Waals surface area contributed by atoms with Crippen LogP contribution in [-0.2, 0) is 5.75 Å². The maximum absolute atomic E-state index is 5.92. The van der Waals surface area contributed by atoms with Gasteiger partial charge >= 0.3 is 0 Å². The summed E-state index contributed by atoms with van der Waals surface area (Å²) in [5.41, 5.74) is 6.62. The standard InChI is InChI=1S/C11H9Cl2NS2/c12-7-1-3-9(14)10(5-7)15-6-8-2-4-11(13)16-8/h1-5H,6,14H2. The van der Waals surface area contributed by atoms with Crippen molar-refractivity contribution in [1.82, 2.24) is 0 Å². The van der Waals surface area contributed by atoms with Crippen molar-refractivity contribution in [3.05, 3.63) is 44.6 Å². The van der Waals surface area contributed by atoms with Gasteiger partial charge in [0, 0.05) is 26.2 Å². The normalized spacial score (nSPS) is 10.6. The van der Waals surface area contributed by atoms with Crippen LogP contribution in [0.25, 0.3) is 0 Å². The SMILES string of the molecule is Nc1ccc(Cl)cc1SCc1ccc(Cl)s1. The summed E-state index contributed by atoms with van der Waals surface area (Å²) in [6.07, 6.45) is 0. The molecule has 1 nitrogen and oxygen atoms in total. The molecule has 1 heterocycles. The van der Waals surface area contributed by atoms with Gasteiger partial charge in [-0.3, -0.25) is 0 Å². The van der Waals surface area contributed by atoms with Crippen LogP contribution in [0.15, 0.2) is 35.2 Å². The number of thiophene rings is 1. The lowest BCUT2D eigenvalue weighted by atomic mass is 10.3. The van der Waals surface area contributed by atoms with E-state index in [1.165, 1.54) is 4.88 Å². The van der Waals surface area contributed by atoms with E-state index in [9.17, 15) is 0 Å². The van der Waals surface area contributed by atoms with E-state index in [1.54, 1.807) is 29.2 Å². The molecule has 1 aromatic heterocycles. The molecule has 0 amide bonds. The Morgan fingerprint density at radius 3 is 2.69 bits per heavy atom. The van der Waals surface area contributed by atoms with Crippen molar-refractivity contribution in [3.63, 3.8) is 0 Å². The first-order valence-electron chi connectivity index (χ1n) is 4.57. The fraction of sp³-hybridized carbons (Fsp3) is 0.0909. The number of nitrogens with two attached hydrogens (primary N) is 1. The van der Waals surface area contributed by atoms with Crippen LogP contribution in [0.1, 0.15) is 4.88 Å². The second kappa shape index (κ2) is 5.32. The van der Waals surface area contributed by atoms with Gasteiger partial charge in [0.05, 0.1) is 4.34 Å². The molecule has 16 heavy (non-hydrogen) atoms. The van der Waals surface area contributed by atoms with Gasteiger partial charge < -0.3 is 5.73 Å². The molecule has 0 saturated carbocycles. The first-order chi connectivity index (χ1) is 7.65. The van der Waals surface area contributed by atoms with Crippen LogP contribution in [0, 0.1) is 0 Å². The van der Waals surface area contributed by atoms with Gasteiger partial charge in [0.15, 0.2) is 0 Å². The Morgan fingerprint density at radius 2 is 2.00 bits per heavy atom. The zero-order valence-corrected chi connectivity index (χ0v) is 11.4. The van der Waals surface area contributed by atoms with E-state index in [0.717, 1.165) is 20.7 Å². The van der Waals surface area contributed by atoms with E-state index in [0.29, 0.717) is 5.02 Å². The lowest BCUT2D eigenvalue weighted by Crippen LogP contribution is -1.88. The molecule has 0 saturated heterocycles. The van der Waals surface area contributed by atoms with Crippen LogP contribution >= 0.6 is 46.3 Å². The molecule has 5 heteroatoms. The zero-order chi connectivity index (χ0) is 11.5. The first kappa shape index (κ1) is 12.1. The largest absolute Gasteiger partial charge is 0.398 e. The van der Waals surface area contributed by atoms with Gasteiger partial charge in [-0.05, 0) is 30.3 Å². The summed E-state index contributed by atoms with van der Waals surface area (Å²) in [6, 6.07) is 9.44. The molecule has 2 N–H and O–H groups in total. The number of thioether (sulfide) groups is 1. The van der Waals surface area contributed by atoms with Gasteiger partial charge in [0.25, 0.3) is 0 Å². The van der Waals surface area contributed by atoms with Gasteiger partial charge in [-0.25, -0.2) is 0 Å². The Hall–Kier alpha value is -0.350. The molecule has 1 aromatic carbocycles. The van der Waals surface area contributed by atoms with Gasteiger partial charge in [0.2, 0.25) is 0 Å². The molecule has 0 aliphatic heterocycles. The second-order valence-electron chi connectivity index (χ2n) is 3.18. The summed E-state index contributed by atoms with van der Waals surface area (Å²) < 4.78 is 0.815. The van der Waals surface area contributed by atoms with E-state index < -0.39 is 0 Å². The average Bonchev–Trinajstić information content (AvgIpc) is 2.66. The molecule has 0 bridgehead atoms. The molecular weight excluding hydrogens is 281 g/mol. The van der Waals surface area contributed by atoms with Gasteiger partial charge in [-0.1, -0.05) is 23.2 Å². The Balaban J connectivity index is 2.07. The highest BCUT2D eigenvalue weighted by atomic mass is 35.5. The van der Waals surface area contributed by atoms with Crippen LogP contribution in [0.3, 0.4) is 0 Å². The van der Waals surface area contributed by atoms with Gasteiger partial charge in [0.1, 0.15) is 0 Å². The van der Waals surface area contributed by atoms with Crippen molar-refractivity contribution >= 4 is 52.0 Å². The van der Waals surface area contributed by atoms with E-state index in [4.69, 9.17) is 28.9 Å². The van der Waals surface area contributed by atoms with E-state index in [2.05, 4.69) is 0 Å². The number of benzene rings is 1.